The van der Waals surface area contributed by atoms with Crippen molar-refractivity contribution in [2.24, 2.45) is 5.92 Å². The zero-order chi connectivity index (χ0) is 7.56. The van der Waals surface area contributed by atoms with Gasteiger partial charge in [0.1, 0.15) is 5.94 Å². The SMILES string of the molecule is COC(=O)C1CC(=C=O)C1. The van der Waals surface area contributed by atoms with Crippen LogP contribution in [-0.2, 0) is 14.3 Å². The molecule has 0 atom stereocenters. The van der Waals surface area contributed by atoms with Crippen molar-refractivity contribution in [1.29, 1.82) is 0 Å². The quantitative estimate of drug-likeness (QED) is 0.389. The number of carbonyl (C=O) groups excluding carboxylic acids is 2. The van der Waals surface area contributed by atoms with Gasteiger partial charge in [-0.15, -0.1) is 0 Å². The highest BCUT2D eigenvalue weighted by molar-refractivity contribution is 5.76. The number of allylic oxidation sites excluding steroid dienone is 1. The monoisotopic (exact) mass is 140 g/mol. The van der Waals surface area contributed by atoms with Crippen molar-refractivity contribution in [3.63, 3.8) is 0 Å². The first-order chi connectivity index (χ1) is 4.77. The van der Waals surface area contributed by atoms with Crippen LogP contribution in [0, 0.1) is 5.92 Å². The Labute approximate surface area is 58.7 Å². The van der Waals surface area contributed by atoms with Crippen molar-refractivity contribution >= 4 is 11.9 Å². The highest BCUT2D eigenvalue weighted by atomic mass is 16.5. The second-order valence-electron chi connectivity index (χ2n) is 2.33. The molecule has 1 rings (SSSR count). The topological polar surface area (TPSA) is 43.4 Å². The van der Waals surface area contributed by atoms with Crippen LogP contribution in [0.15, 0.2) is 5.57 Å². The summed E-state index contributed by atoms with van der Waals surface area (Å²) < 4.78 is 4.46. The van der Waals surface area contributed by atoms with Gasteiger partial charge in [-0.2, -0.15) is 0 Å². The molecule has 0 aromatic rings. The van der Waals surface area contributed by atoms with Crippen molar-refractivity contribution < 1.29 is 14.3 Å². The summed E-state index contributed by atoms with van der Waals surface area (Å²) in [7, 11) is 1.35. The second-order valence-corrected chi connectivity index (χ2v) is 2.33. The Morgan fingerprint density at radius 3 is 2.70 bits per heavy atom. The maximum absolute atomic E-state index is 10.7. The van der Waals surface area contributed by atoms with Crippen molar-refractivity contribution in [2.45, 2.75) is 12.8 Å². The zero-order valence-electron chi connectivity index (χ0n) is 5.72. The lowest BCUT2D eigenvalue weighted by atomic mass is 9.81. The molecule has 54 valence electrons. The minimum Gasteiger partial charge on any atom is -0.469 e. The fourth-order valence-corrected chi connectivity index (χ4v) is 0.952. The number of hydrogen-bond acceptors (Lipinski definition) is 3. The van der Waals surface area contributed by atoms with Gasteiger partial charge < -0.3 is 4.74 Å². The highest BCUT2D eigenvalue weighted by Gasteiger charge is 2.31. The molecular formula is C7H8O3. The van der Waals surface area contributed by atoms with Gasteiger partial charge in [-0.1, -0.05) is 0 Å². The van der Waals surface area contributed by atoms with Gasteiger partial charge in [-0.05, 0) is 12.8 Å². The Balaban J connectivity index is 2.39. The molecule has 3 nitrogen and oxygen atoms in total. The van der Waals surface area contributed by atoms with Gasteiger partial charge in [0.25, 0.3) is 0 Å². The Morgan fingerprint density at radius 1 is 1.70 bits per heavy atom. The Hall–Kier alpha value is -1.08. The summed E-state index contributed by atoms with van der Waals surface area (Å²) in [6, 6.07) is 0. The van der Waals surface area contributed by atoms with Gasteiger partial charge >= 0.3 is 5.97 Å². The number of rotatable bonds is 1. The van der Waals surface area contributed by atoms with E-state index in [-0.39, 0.29) is 11.9 Å². The van der Waals surface area contributed by atoms with Gasteiger partial charge in [-0.3, -0.25) is 4.79 Å². The number of hydrogen-bond donors (Lipinski definition) is 0. The summed E-state index contributed by atoms with van der Waals surface area (Å²) in [5, 5.41) is 0. The van der Waals surface area contributed by atoms with Crippen LogP contribution in [0.3, 0.4) is 0 Å². The summed E-state index contributed by atoms with van der Waals surface area (Å²) >= 11 is 0. The molecule has 1 saturated carbocycles. The molecule has 0 heterocycles. The number of ether oxygens (including phenoxy) is 1. The summed E-state index contributed by atoms with van der Waals surface area (Å²) in [5.41, 5.74) is 0.690. The molecule has 0 amide bonds. The van der Waals surface area contributed by atoms with Crippen molar-refractivity contribution in [3.05, 3.63) is 5.57 Å². The first kappa shape index (κ1) is 7.03. The van der Waals surface area contributed by atoms with Crippen LogP contribution in [0.2, 0.25) is 0 Å². The first-order valence-electron chi connectivity index (χ1n) is 3.08. The summed E-state index contributed by atoms with van der Waals surface area (Å²) in [6.45, 7) is 0. The molecule has 0 aromatic carbocycles. The summed E-state index contributed by atoms with van der Waals surface area (Å²) in [4.78, 5) is 20.6. The molecule has 1 aliphatic carbocycles. The van der Waals surface area contributed by atoms with Gasteiger partial charge in [-0.25, -0.2) is 4.79 Å². The van der Waals surface area contributed by atoms with E-state index < -0.39 is 0 Å². The van der Waals surface area contributed by atoms with Crippen molar-refractivity contribution in [3.8, 4) is 0 Å². The van der Waals surface area contributed by atoms with E-state index >= 15 is 0 Å². The molecule has 0 bridgehead atoms. The van der Waals surface area contributed by atoms with Crippen LogP contribution >= 0.6 is 0 Å². The molecule has 0 aliphatic heterocycles. The van der Waals surface area contributed by atoms with E-state index in [1.54, 1.807) is 5.94 Å². The standard InChI is InChI=1S/C7H8O3/c1-10-7(9)6-2-5(3-6)4-8/h6H,2-3H2,1H3. The Morgan fingerprint density at radius 2 is 2.30 bits per heavy atom. The van der Waals surface area contributed by atoms with Crippen molar-refractivity contribution in [2.75, 3.05) is 7.11 Å². The average molecular weight is 140 g/mol. The van der Waals surface area contributed by atoms with E-state index in [4.69, 9.17) is 0 Å². The number of methoxy groups -OCH3 is 1. The average Bonchev–Trinajstić information content (AvgIpc) is 1.85. The second kappa shape index (κ2) is 2.67. The van der Waals surface area contributed by atoms with E-state index in [0.717, 1.165) is 0 Å². The normalized spacial score (nSPS) is 22.9. The zero-order valence-corrected chi connectivity index (χ0v) is 5.72. The van der Waals surface area contributed by atoms with Crippen LogP contribution in [0.5, 0.6) is 0 Å². The molecule has 0 unspecified atom stereocenters. The Bertz CT molecular complexity index is 193. The van der Waals surface area contributed by atoms with Crippen LogP contribution in [0.1, 0.15) is 12.8 Å². The molecule has 0 radical (unpaired) electrons. The summed E-state index contributed by atoms with van der Waals surface area (Å²) in [5.74, 6) is 1.46. The van der Waals surface area contributed by atoms with E-state index in [2.05, 4.69) is 4.74 Å². The third-order valence-electron chi connectivity index (χ3n) is 1.66. The fraction of sp³-hybridized carbons (Fsp3) is 0.571. The predicted octanol–water partition coefficient (Wildman–Crippen LogP) is 0.327. The van der Waals surface area contributed by atoms with Gasteiger partial charge in [0, 0.05) is 5.57 Å². The maximum atomic E-state index is 10.7. The fourth-order valence-electron chi connectivity index (χ4n) is 0.952. The third kappa shape index (κ3) is 1.09. The Kier molecular flexibility index (Phi) is 1.88. The molecule has 0 saturated heterocycles. The summed E-state index contributed by atoms with van der Waals surface area (Å²) in [6.07, 6.45) is 1.08. The maximum Gasteiger partial charge on any atom is 0.309 e. The molecule has 3 heteroatoms. The lowest BCUT2D eigenvalue weighted by Gasteiger charge is -2.23. The lowest BCUT2D eigenvalue weighted by Crippen LogP contribution is -2.25. The molecule has 1 fully saturated rings. The van der Waals surface area contributed by atoms with Gasteiger partial charge in [0.2, 0.25) is 0 Å². The molecule has 1 aliphatic rings. The predicted molar refractivity (Wildman–Crippen MR) is 33.9 cm³/mol. The van der Waals surface area contributed by atoms with Crippen LogP contribution in [0.4, 0.5) is 0 Å². The first-order valence-corrected chi connectivity index (χ1v) is 3.08. The van der Waals surface area contributed by atoms with Crippen molar-refractivity contribution in [1.82, 2.24) is 0 Å². The van der Waals surface area contributed by atoms with E-state index in [1.165, 1.54) is 7.11 Å². The smallest absolute Gasteiger partial charge is 0.309 e. The minimum absolute atomic E-state index is 0.0820. The minimum atomic E-state index is -0.223. The van der Waals surface area contributed by atoms with E-state index in [1.807, 2.05) is 0 Å². The molecule has 10 heavy (non-hydrogen) atoms. The van der Waals surface area contributed by atoms with Gasteiger partial charge in [0.05, 0.1) is 13.0 Å². The third-order valence-corrected chi connectivity index (χ3v) is 1.66. The van der Waals surface area contributed by atoms with Gasteiger partial charge in [0.15, 0.2) is 0 Å². The molecular weight excluding hydrogens is 132 g/mol. The largest absolute Gasteiger partial charge is 0.469 e. The molecule has 0 N–H and O–H groups in total. The number of carbonyl (C=O) groups is 1. The van der Waals surface area contributed by atoms with E-state index in [9.17, 15) is 9.59 Å². The number of esters is 1. The highest BCUT2D eigenvalue weighted by Crippen LogP contribution is 2.31. The van der Waals surface area contributed by atoms with Crippen LogP contribution in [-0.4, -0.2) is 19.0 Å². The molecule has 0 spiro atoms. The van der Waals surface area contributed by atoms with Crippen LogP contribution < -0.4 is 0 Å². The van der Waals surface area contributed by atoms with E-state index in [0.29, 0.717) is 18.4 Å². The molecule has 0 aromatic heterocycles. The van der Waals surface area contributed by atoms with Crippen LogP contribution in [0.25, 0.3) is 0 Å². The lowest BCUT2D eigenvalue weighted by molar-refractivity contribution is -0.146.